The quantitative estimate of drug-likeness (QED) is 0.855. The van der Waals surface area contributed by atoms with Gasteiger partial charge in [-0.25, -0.2) is 9.97 Å². The Labute approximate surface area is 127 Å². The zero-order chi connectivity index (χ0) is 14.1. The summed E-state index contributed by atoms with van der Waals surface area (Å²) >= 11 is 3.47. The van der Waals surface area contributed by atoms with Crippen molar-refractivity contribution in [1.29, 1.82) is 0 Å². The summed E-state index contributed by atoms with van der Waals surface area (Å²) in [5.74, 6) is 2.13. The molecule has 2 aliphatic heterocycles. The van der Waals surface area contributed by atoms with Gasteiger partial charge in [-0.2, -0.15) is 0 Å². The maximum atomic E-state index is 11.8. The van der Waals surface area contributed by atoms with E-state index in [1.165, 1.54) is 0 Å². The Morgan fingerprint density at radius 1 is 1.50 bits per heavy atom. The minimum absolute atomic E-state index is 0.118. The molecule has 0 aliphatic carbocycles. The molecular formula is C14H19BrN4O. The number of amides is 1. The zero-order valence-electron chi connectivity index (χ0n) is 11.6. The van der Waals surface area contributed by atoms with Crippen LogP contribution in [0.3, 0.4) is 0 Å². The van der Waals surface area contributed by atoms with E-state index in [2.05, 4.69) is 43.0 Å². The number of aromatic nitrogens is 2. The molecule has 1 aromatic heterocycles. The number of fused-ring (bicyclic) bond motifs is 1. The number of aryl methyl sites for hydroxylation is 1. The summed E-state index contributed by atoms with van der Waals surface area (Å²) in [5.41, 5.74) is 0. The van der Waals surface area contributed by atoms with Crippen LogP contribution in [0.4, 0.5) is 5.82 Å². The van der Waals surface area contributed by atoms with Gasteiger partial charge >= 0.3 is 0 Å². The number of carbonyl (C=O) groups is 1. The highest BCUT2D eigenvalue weighted by Crippen LogP contribution is 2.31. The van der Waals surface area contributed by atoms with E-state index in [4.69, 9.17) is 0 Å². The van der Waals surface area contributed by atoms with Crippen LogP contribution in [-0.4, -0.2) is 35.0 Å². The second kappa shape index (κ2) is 5.68. The number of anilines is 1. The molecule has 0 saturated carbocycles. The number of hydrogen-bond donors (Lipinski definition) is 1. The average molecular weight is 339 g/mol. The maximum Gasteiger partial charge on any atom is 0.225 e. The molecular weight excluding hydrogens is 320 g/mol. The molecule has 1 N–H and O–H groups in total. The number of piperidine rings is 1. The highest BCUT2D eigenvalue weighted by Gasteiger charge is 2.41. The third-order valence-corrected chi connectivity index (χ3v) is 4.50. The van der Waals surface area contributed by atoms with Crippen molar-refractivity contribution in [3.63, 3.8) is 0 Å². The number of hydrogen-bond acceptors (Lipinski definition) is 4. The summed E-state index contributed by atoms with van der Waals surface area (Å²) in [4.78, 5) is 23.2. The van der Waals surface area contributed by atoms with Gasteiger partial charge in [0.25, 0.3) is 0 Å². The van der Waals surface area contributed by atoms with Crippen molar-refractivity contribution >= 4 is 27.7 Å². The Bertz CT molecular complexity index is 522. The lowest BCUT2D eigenvalue weighted by atomic mass is 9.91. The molecule has 6 heteroatoms. The minimum Gasteiger partial charge on any atom is -0.354 e. The second-order valence-electron chi connectivity index (χ2n) is 5.47. The molecule has 1 amide bonds. The van der Waals surface area contributed by atoms with Crippen molar-refractivity contribution in [3.05, 3.63) is 16.5 Å². The predicted octanol–water partition coefficient (Wildman–Crippen LogP) is 1.91. The van der Waals surface area contributed by atoms with E-state index in [1.54, 1.807) is 0 Å². The van der Waals surface area contributed by atoms with Gasteiger partial charge < -0.3 is 10.2 Å². The summed E-state index contributed by atoms with van der Waals surface area (Å²) < 4.78 is 0.824. The number of halogens is 1. The van der Waals surface area contributed by atoms with Crippen molar-refractivity contribution in [3.8, 4) is 0 Å². The van der Waals surface area contributed by atoms with Crippen LogP contribution in [0.15, 0.2) is 10.7 Å². The van der Waals surface area contributed by atoms with Crippen molar-refractivity contribution in [2.24, 2.45) is 5.92 Å². The number of rotatable bonds is 3. The molecule has 0 radical (unpaired) electrons. The molecule has 5 nitrogen and oxygen atoms in total. The third kappa shape index (κ3) is 2.53. The van der Waals surface area contributed by atoms with Crippen molar-refractivity contribution in [2.45, 2.75) is 38.6 Å². The number of carbonyl (C=O) groups excluding carboxylic acids is 1. The lowest BCUT2D eigenvalue weighted by molar-refractivity contribution is -0.122. The fourth-order valence-corrected chi connectivity index (χ4v) is 3.58. The summed E-state index contributed by atoms with van der Waals surface area (Å²) in [7, 11) is 0. The molecule has 2 unspecified atom stereocenters. The van der Waals surface area contributed by atoms with Crippen LogP contribution in [0.1, 0.15) is 32.0 Å². The van der Waals surface area contributed by atoms with Gasteiger partial charge in [0.05, 0.1) is 12.0 Å². The molecule has 2 atom stereocenters. The van der Waals surface area contributed by atoms with Crippen molar-refractivity contribution in [1.82, 2.24) is 15.3 Å². The van der Waals surface area contributed by atoms with Gasteiger partial charge in [0, 0.05) is 25.6 Å². The van der Waals surface area contributed by atoms with Crippen molar-refractivity contribution < 1.29 is 4.79 Å². The van der Waals surface area contributed by atoms with E-state index < -0.39 is 0 Å². The van der Waals surface area contributed by atoms with Gasteiger partial charge in [-0.1, -0.05) is 6.92 Å². The van der Waals surface area contributed by atoms with E-state index in [-0.39, 0.29) is 17.9 Å². The van der Waals surface area contributed by atoms with Gasteiger partial charge in [-0.15, -0.1) is 0 Å². The Morgan fingerprint density at radius 2 is 2.35 bits per heavy atom. The van der Waals surface area contributed by atoms with E-state index in [0.29, 0.717) is 0 Å². The summed E-state index contributed by atoms with van der Waals surface area (Å²) in [6.07, 6.45) is 3.94. The number of nitrogens with zero attached hydrogens (tertiary/aromatic N) is 3. The molecule has 0 spiro atoms. The van der Waals surface area contributed by atoms with E-state index in [9.17, 15) is 4.79 Å². The van der Waals surface area contributed by atoms with E-state index in [0.717, 1.165) is 55.0 Å². The van der Waals surface area contributed by atoms with Crippen LogP contribution < -0.4 is 10.2 Å². The first-order valence-corrected chi connectivity index (χ1v) is 8.06. The van der Waals surface area contributed by atoms with Crippen LogP contribution in [0.25, 0.3) is 0 Å². The number of nitrogens with one attached hydrogen (secondary N) is 1. The SMILES string of the molecule is CCCc1nc(Br)cc(N2CCCC3C(=O)NCC32)n1. The Morgan fingerprint density at radius 3 is 3.15 bits per heavy atom. The van der Waals surface area contributed by atoms with Crippen LogP contribution in [0.5, 0.6) is 0 Å². The molecule has 3 rings (SSSR count). The van der Waals surface area contributed by atoms with Gasteiger partial charge in [0.1, 0.15) is 16.2 Å². The van der Waals surface area contributed by atoms with Crippen LogP contribution in [0, 0.1) is 5.92 Å². The van der Waals surface area contributed by atoms with Crippen LogP contribution >= 0.6 is 15.9 Å². The molecule has 20 heavy (non-hydrogen) atoms. The van der Waals surface area contributed by atoms with E-state index in [1.807, 2.05) is 6.07 Å². The summed E-state index contributed by atoms with van der Waals surface area (Å²) in [6, 6.07) is 2.21. The van der Waals surface area contributed by atoms with Gasteiger partial charge in [0.15, 0.2) is 0 Å². The first-order chi connectivity index (χ1) is 9.69. The fraction of sp³-hybridized carbons (Fsp3) is 0.643. The molecule has 3 heterocycles. The second-order valence-corrected chi connectivity index (χ2v) is 6.28. The Kier molecular flexibility index (Phi) is 3.92. The summed E-state index contributed by atoms with van der Waals surface area (Å²) in [5, 5.41) is 2.98. The largest absolute Gasteiger partial charge is 0.354 e. The average Bonchev–Trinajstić information content (AvgIpc) is 2.80. The maximum absolute atomic E-state index is 11.8. The molecule has 108 valence electrons. The molecule has 0 aromatic carbocycles. The Balaban J connectivity index is 1.89. The van der Waals surface area contributed by atoms with Gasteiger partial charge in [-0.05, 0) is 35.2 Å². The lowest BCUT2D eigenvalue weighted by Crippen LogP contribution is -2.46. The molecule has 2 aliphatic rings. The zero-order valence-corrected chi connectivity index (χ0v) is 13.2. The smallest absolute Gasteiger partial charge is 0.225 e. The molecule has 2 fully saturated rings. The molecule has 2 saturated heterocycles. The monoisotopic (exact) mass is 338 g/mol. The molecule has 1 aromatic rings. The van der Waals surface area contributed by atoms with Crippen molar-refractivity contribution in [2.75, 3.05) is 18.0 Å². The first-order valence-electron chi connectivity index (χ1n) is 7.27. The standard InChI is InChI=1S/C14H19BrN4O/c1-2-4-12-17-11(15)7-13(18-12)19-6-3-5-9-10(19)8-16-14(9)20/h7,9-10H,2-6,8H2,1H3,(H,16,20). The minimum atomic E-state index is 0.118. The fourth-order valence-electron chi connectivity index (χ4n) is 3.17. The van der Waals surface area contributed by atoms with Gasteiger partial charge in [0.2, 0.25) is 5.91 Å². The topological polar surface area (TPSA) is 58.1 Å². The Hall–Kier alpha value is -1.17. The van der Waals surface area contributed by atoms with E-state index >= 15 is 0 Å². The highest BCUT2D eigenvalue weighted by molar-refractivity contribution is 9.10. The van der Waals surface area contributed by atoms with Crippen LogP contribution in [0.2, 0.25) is 0 Å². The van der Waals surface area contributed by atoms with Gasteiger partial charge in [-0.3, -0.25) is 4.79 Å². The normalized spacial score (nSPS) is 25.5. The first kappa shape index (κ1) is 13.8. The highest BCUT2D eigenvalue weighted by atomic mass is 79.9. The summed E-state index contributed by atoms with van der Waals surface area (Å²) in [6.45, 7) is 3.82. The van der Waals surface area contributed by atoms with Crippen LogP contribution in [-0.2, 0) is 11.2 Å². The lowest BCUT2D eigenvalue weighted by Gasteiger charge is -2.36. The predicted molar refractivity (Wildman–Crippen MR) is 80.6 cm³/mol. The molecule has 0 bridgehead atoms. The third-order valence-electron chi connectivity index (χ3n) is 4.10.